The van der Waals surface area contributed by atoms with E-state index in [1.54, 1.807) is 28.6 Å². The summed E-state index contributed by atoms with van der Waals surface area (Å²) < 4.78 is 27.1. The molecule has 0 spiro atoms. The fourth-order valence-corrected chi connectivity index (χ4v) is 6.24. The molecule has 1 heterocycles. The van der Waals surface area contributed by atoms with Crippen LogP contribution in [-0.4, -0.2) is 49.8 Å². The lowest BCUT2D eigenvalue weighted by Gasteiger charge is -2.40. The third-order valence-electron chi connectivity index (χ3n) is 5.89. The van der Waals surface area contributed by atoms with Crippen molar-refractivity contribution in [3.63, 3.8) is 0 Å². The first-order valence-electron chi connectivity index (χ1n) is 8.54. The molecule has 3 aliphatic rings. The Kier molecular flexibility index (Phi) is 4.16. The summed E-state index contributed by atoms with van der Waals surface area (Å²) in [4.78, 5) is 2.88. The van der Waals surface area contributed by atoms with Crippen LogP contribution in [0.1, 0.15) is 25.7 Å². The minimum absolute atomic E-state index is 0.343. The average Bonchev–Trinajstić information content (AvgIpc) is 3.18. The summed E-state index contributed by atoms with van der Waals surface area (Å²) in [5.41, 5.74) is 0. The van der Waals surface area contributed by atoms with E-state index in [0.717, 1.165) is 24.9 Å². The van der Waals surface area contributed by atoms with Gasteiger partial charge in [-0.05, 0) is 55.4 Å². The second kappa shape index (κ2) is 6.03. The van der Waals surface area contributed by atoms with Crippen LogP contribution in [0.5, 0.6) is 0 Å². The lowest BCUT2D eigenvalue weighted by molar-refractivity contribution is 0.101. The summed E-state index contributed by atoms with van der Waals surface area (Å²) in [6.45, 7) is 2.92. The minimum Gasteiger partial charge on any atom is -0.297 e. The average molecular weight is 355 g/mol. The molecule has 0 amide bonds. The van der Waals surface area contributed by atoms with Crippen molar-refractivity contribution < 1.29 is 8.42 Å². The predicted molar refractivity (Wildman–Crippen MR) is 91.0 cm³/mol. The third kappa shape index (κ3) is 2.93. The van der Waals surface area contributed by atoms with Crippen LogP contribution >= 0.6 is 11.6 Å². The van der Waals surface area contributed by atoms with Gasteiger partial charge in [0.1, 0.15) is 0 Å². The Hall–Kier alpha value is -0.620. The molecule has 0 unspecified atom stereocenters. The fraction of sp³-hybridized carbons (Fsp3) is 0.647. The third-order valence-corrected chi connectivity index (χ3v) is 8.06. The number of fused-ring (bicyclic) bond motifs is 2. The van der Waals surface area contributed by atoms with Gasteiger partial charge in [0.15, 0.2) is 0 Å². The summed E-state index contributed by atoms with van der Waals surface area (Å²) in [5.74, 6) is 1.79. The number of halogens is 1. The van der Waals surface area contributed by atoms with Crippen molar-refractivity contribution >= 4 is 21.6 Å². The number of rotatable bonds is 3. The Morgan fingerprint density at radius 2 is 1.65 bits per heavy atom. The standard InChI is InChI=1S/C17H23ClN2O2S/c18-15-3-5-16(6-4-15)23(21,22)20-9-7-19(8-10-20)17-12-13-1-2-14(17)11-13/h3-6,13-14,17H,1-2,7-12H2/t13-,14-,17+/m0/s1. The van der Waals surface area contributed by atoms with E-state index < -0.39 is 10.0 Å². The fourth-order valence-electron chi connectivity index (χ4n) is 4.69. The molecule has 4 rings (SSSR count). The van der Waals surface area contributed by atoms with E-state index in [9.17, 15) is 8.42 Å². The quantitative estimate of drug-likeness (QED) is 0.838. The molecule has 1 aromatic carbocycles. The van der Waals surface area contributed by atoms with E-state index in [2.05, 4.69) is 4.90 Å². The smallest absolute Gasteiger partial charge is 0.243 e. The number of sulfonamides is 1. The number of hydrogen-bond donors (Lipinski definition) is 0. The molecule has 0 N–H and O–H groups in total. The van der Waals surface area contributed by atoms with Crippen LogP contribution in [0.4, 0.5) is 0 Å². The van der Waals surface area contributed by atoms with Gasteiger partial charge in [-0.3, -0.25) is 4.90 Å². The maximum Gasteiger partial charge on any atom is 0.243 e. The topological polar surface area (TPSA) is 40.6 Å². The highest BCUT2D eigenvalue weighted by molar-refractivity contribution is 7.89. The molecule has 0 radical (unpaired) electrons. The first-order valence-corrected chi connectivity index (χ1v) is 10.4. The minimum atomic E-state index is -3.39. The van der Waals surface area contributed by atoms with Crippen molar-refractivity contribution in [2.45, 2.75) is 36.6 Å². The summed E-state index contributed by atoms with van der Waals surface area (Å²) in [6, 6.07) is 7.17. The zero-order chi connectivity index (χ0) is 16.0. The molecule has 2 saturated carbocycles. The summed E-state index contributed by atoms with van der Waals surface area (Å²) in [5, 5.41) is 0.560. The molecule has 4 nitrogen and oxygen atoms in total. The van der Waals surface area contributed by atoms with Crippen molar-refractivity contribution in [1.82, 2.24) is 9.21 Å². The molecule has 3 atom stereocenters. The molecule has 126 valence electrons. The highest BCUT2D eigenvalue weighted by atomic mass is 35.5. The van der Waals surface area contributed by atoms with Gasteiger partial charge in [-0.25, -0.2) is 8.42 Å². The summed E-state index contributed by atoms with van der Waals surface area (Å²) in [7, 11) is -3.39. The zero-order valence-corrected chi connectivity index (χ0v) is 14.8. The van der Waals surface area contributed by atoms with Crippen LogP contribution in [0.15, 0.2) is 29.2 Å². The highest BCUT2D eigenvalue weighted by Crippen LogP contribution is 2.46. The van der Waals surface area contributed by atoms with Crippen molar-refractivity contribution in [3.05, 3.63) is 29.3 Å². The zero-order valence-electron chi connectivity index (χ0n) is 13.2. The highest BCUT2D eigenvalue weighted by Gasteiger charge is 2.43. The van der Waals surface area contributed by atoms with Crippen LogP contribution in [0.2, 0.25) is 5.02 Å². The number of hydrogen-bond acceptors (Lipinski definition) is 3. The van der Waals surface area contributed by atoms with Crippen molar-refractivity contribution in [2.75, 3.05) is 26.2 Å². The molecule has 1 aliphatic heterocycles. The van der Waals surface area contributed by atoms with E-state index in [4.69, 9.17) is 11.6 Å². The molecule has 23 heavy (non-hydrogen) atoms. The van der Waals surface area contributed by atoms with Crippen molar-refractivity contribution in [3.8, 4) is 0 Å². The number of benzene rings is 1. The molecule has 1 aromatic rings. The van der Waals surface area contributed by atoms with Crippen LogP contribution in [0.3, 0.4) is 0 Å². The van der Waals surface area contributed by atoms with Gasteiger partial charge in [0.2, 0.25) is 10.0 Å². The maximum absolute atomic E-state index is 12.7. The second-order valence-electron chi connectivity index (χ2n) is 7.14. The Morgan fingerprint density at radius 1 is 0.957 bits per heavy atom. The maximum atomic E-state index is 12.7. The molecule has 1 saturated heterocycles. The van der Waals surface area contributed by atoms with Crippen LogP contribution in [-0.2, 0) is 10.0 Å². The predicted octanol–water partition coefficient (Wildman–Crippen LogP) is 2.83. The molecular weight excluding hydrogens is 332 g/mol. The van der Waals surface area contributed by atoms with Gasteiger partial charge in [-0.1, -0.05) is 18.0 Å². The van der Waals surface area contributed by atoms with Gasteiger partial charge < -0.3 is 0 Å². The first kappa shape index (κ1) is 15.9. The first-order chi connectivity index (χ1) is 11.0. The summed E-state index contributed by atoms with van der Waals surface area (Å²) in [6.07, 6.45) is 5.51. The van der Waals surface area contributed by atoms with Crippen LogP contribution in [0.25, 0.3) is 0 Å². The molecule has 2 aliphatic carbocycles. The molecule has 6 heteroatoms. The molecular formula is C17H23ClN2O2S. The Morgan fingerprint density at radius 3 is 2.22 bits per heavy atom. The Balaban J connectivity index is 1.42. The molecule has 3 fully saturated rings. The van der Waals surface area contributed by atoms with Gasteiger partial charge in [0, 0.05) is 37.2 Å². The lowest BCUT2D eigenvalue weighted by Crippen LogP contribution is -2.53. The van der Waals surface area contributed by atoms with Gasteiger partial charge >= 0.3 is 0 Å². The largest absolute Gasteiger partial charge is 0.297 e. The van der Waals surface area contributed by atoms with E-state index >= 15 is 0 Å². The monoisotopic (exact) mass is 354 g/mol. The van der Waals surface area contributed by atoms with Crippen LogP contribution < -0.4 is 0 Å². The van der Waals surface area contributed by atoms with Crippen molar-refractivity contribution in [1.29, 1.82) is 0 Å². The Labute approximate surface area is 143 Å². The number of piperazine rings is 1. The van der Waals surface area contributed by atoms with Gasteiger partial charge in [-0.15, -0.1) is 0 Å². The Bertz CT molecular complexity index is 668. The van der Waals surface area contributed by atoms with Crippen LogP contribution in [0, 0.1) is 11.8 Å². The van der Waals surface area contributed by atoms with E-state index in [-0.39, 0.29) is 0 Å². The number of nitrogens with zero attached hydrogens (tertiary/aromatic N) is 2. The van der Waals surface area contributed by atoms with Gasteiger partial charge in [0.25, 0.3) is 0 Å². The van der Waals surface area contributed by atoms with E-state index in [1.807, 2.05) is 0 Å². The normalized spacial score (nSPS) is 32.5. The van der Waals surface area contributed by atoms with E-state index in [1.165, 1.54) is 25.7 Å². The molecule has 0 aromatic heterocycles. The van der Waals surface area contributed by atoms with Gasteiger partial charge in [-0.2, -0.15) is 4.31 Å². The van der Waals surface area contributed by atoms with E-state index in [0.29, 0.717) is 29.0 Å². The second-order valence-corrected chi connectivity index (χ2v) is 9.51. The SMILES string of the molecule is O=S(=O)(c1ccc(Cl)cc1)N1CCN([C@@H]2C[C@H]3CC[C@H]2C3)CC1. The molecule has 2 bridgehead atoms. The van der Waals surface area contributed by atoms with Gasteiger partial charge in [0.05, 0.1) is 4.90 Å². The summed E-state index contributed by atoms with van der Waals surface area (Å²) >= 11 is 5.86. The van der Waals surface area contributed by atoms with Crippen molar-refractivity contribution in [2.24, 2.45) is 11.8 Å². The lowest BCUT2D eigenvalue weighted by atomic mass is 9.93.